The molecule has 0 saturated carbocycles. The number of hydrogen-bond acceptors (Lipinski definition) is 7. The van der Waals surface area contributed by atoms with E-state index in [0.717, 1.165) is 5.56 Å². The average Bonchev–Trinajstić information content (AvgIpc) is 3.20. The Kier molecular flexibility index (Phi) is 6.96. The van der Waals surface area contributed by atoms with Crippen LogP contribution in [-0.4, -0.2) is 64.2 Å². The maximum Gasteiger partial charge on any atom is 0.410 e. The predicted molar refractivity (Wildman–Crippen MR) is 101 cm³/mol. The lowest BCUT2D eigenvalue weighted by molar-refractivity contribution is 0.0511. The fourth-order valence-electron chi connectivity index (χ4n) is 3.06. The summed E-state index contributed by atoms with van der Waals surface area (Å²) >= 11 is 0. The molecule has 0 spiro atoms. The zero-order chi connectivity index (χ0) is 19.8. The highest BCUT2D eigenvalue weighted by atomic mass is 16.6. The number of nitrogens with zero attached hydrogens (tertiary/aromatic N) is 4. The van der Waals surface area contributed by atoms with E-state index in [4.69, 9.17) is 9.47 Å². The minimum atomic E-state index is -0.435. The molecule has 150 valence electrons. The number of amides is 1. The minimum absolute atomic E-state index is 0.0808. The van der Waals surface area contributed by atoms with Crippen molar-refractivity contribution in [2.24, 2.45) is 0 Å². The zero-order valence-corrected chi connectivity index (χ0v) is 15.9. The molecular formula is C19H25N5O4. The van der Waals surface area contributed by atoms with Crippen LogP contribution in [0.2, 0.25) is 0 Å². The zero-order valence-electron chi connectivity index (χ0n) is 15.9. The number of carbonyl (C=O) groups is 2. The summed E-state index contributed by atoms with van der Waals surface area (Å²) in [6.07, 6.45) is 1.78. The average molecular weight is 387 g/mol. The molecule has 1 aromatic heterocycles. The van der Waals surface area contributed by atoms with Gasteiger partial charge in [0.1, 0.15) is 6.61 Å². The lowest BCUT2D eigenvalue weighted by Crippen LogP contribution is -2.53. The Hall–Kier alpha value is -2.94. The second kappa shape index (κ2) is 9.84. The molecule has 0 bridgehead atoms. The van der Waals surface area contributed by atoms with Gasteiger partial charge in [0, 0.05) is 32.2 Å². The second-order valence-corrected chi connectivity index (χ2v) is 6.49. The van der Waals surface area contributed by atoms with Gasteiger partial charge in [0.25, 0.3) is 0 Å². The molecule has 1 amide bonds. The molecule has 9 heteroatoms. The largest absolute Gasteiger partial charge is 0.461 e. The van der Waals surface area contributed by atoms with E-state index in [9.17, 15) is 9.59 Å². The van der Waals surface area contributed by atoms with Crippen LogP contribution < -0.4 is 5.32 Å². The van der Waals surface area contributed by atoms with Crippen LogP contribution in [0.1, 0.15) is 29.4 Å². The summed E-state index contributed by atoms with van der Waals surface area (Å²) in [5.74, 6) is -0.435. The van der Waals surface area contributed by atoms with Gasteiger partial charge in [-0.1, -0.05) is 35.5 Å². The maximum absolute atomic E-state index is 12.4. The first-order valence-corrected chi connectivity index (χ1v) is 9.42. The van der Waals surface area contributed by atoms with Crippen molar-refractivity contribution < 1.29 is 19.1 Å². The Morgan fingerprint density at radius 1 is 1.25 bits per heavy atom. The van der Waals surface area contributed by atoms with Crippen LogP contribution in [0, 0.1) is 0 Å². The fraction of sp³-hybridized carbons (Fsp3) is 0.474. The van der Waals surface area contributed by atoms with Gasteiger partial charge in [-0.05, 0) is 18.9 Å². The molecule has 0 radical (unpaired) electrons. The molecule has 28 heavy (non-hydrogen) atoms. The maximum atomic E-state index is 12.4. The predicted octanol–water partition coefficient (Wildman–Crippen LogP) is 1.46. The third-order valence-corrected chi connectivity index (χ3v) is 4.51. The summed E-state index contributed by atoms with van der Waals surface area (Å²) in [5, 5.41) is 11.1. The molecule has 2 aromatic rings. The summed E-state index contributed by atoms with van der Waals surface area (Å²) < 4.78 is 12.0. The number of esters is 1. The summed E-state index contributed by atoms with van der Waals surface area (Å²) in [6.45, 7) is 4.64. The normalized spacial score (nSPS) is 16.6. The SMILES string of the molecule is CCOC(=O)c1cnnn1CC[C@@H]1CN(C(=O)OCc2ccccc2)CCN1. The third kappa shape index (κ3) is 5.29. The van der Waals surface area contributed by atoms with Crippen molar-refractivity contribution in [1.29, 1.82) is 0 Å². The lowest BCUT2D eigenvalue weighted by atomic mass is 10.1. The molecule has 0 unspecified atom stereocenters. The van der Waals surface area contributed by atoms with Crippen molar-refractivity contribution in [1.82, 2.24) is 25.2 Å². The van der Waals surface area contributed by atoms with Gasteiger partial charge in [0.2, 0.25) is 0 Å². The van der Waals surface area contributed by atoms with Crippen molar-refractivity contribution in [2.75, 3.05) is 26.2 Å². The Morgan fingerprint density at radius 3 is 2.86 bits per heavy atom. The highest BCUT2D eigenvalue weighted by molar-refractivity contribution is 5.87. The van der Waals surface area contributed by atoms with Gasteiger partial charge in [0.15, 0.2) is 5.69 Å². The van der Waals surface area contributed by atoms with Gasteiger partial charge in [-0.25, -0.2) is 14.3 Å². The number of aromatic nitrogens is 3. The van der Waals surface area contributed by atoms with Gasteiger partial charge in [-0.2, -0.15) is 0 Å². The van der Waals surface area contributed by atoms with Crippen LogP contribution >= 0.6 is 0 Å². The molecule has 1 aliphatic rings. The Balaban J connectivity index is 1.48. The number of nitrogens with one attached hydrogen (secondary N) is 1. The first kappa shape index (κ1) is 19.8. The van der Waals surface area contributed by atoms with Gasteiger partial charge >= 0.3 is 12.1 Å². The second-order valence-electron chi connectivity index (χ2n) is 6.49. The lowest BCUT2D eigenvalue weighted by Gasteiger charge is -2.33. The summed E-state index contributed by atoms with van der Waals surface area (Å²) in [6, 6.07) is 9.68. The summed E-state index contributed by atoms with van der Waals surface area (Å²) in [7, 11) is 0. The molecule has 1 saturated heterocycles. The van der Waals surface area contributed by atoms with E-state index in [1.807, 2.05) is 30.3 Å². The van der Waals surface area contributed by atoms with E-state index in [1.54, 1.807) is 11.8 Å². The monoisotopic (exact) mass is 387 g/mol. The van der Waals surface area contributed by atoms with Crippen LogP contribution in [0.15, 0.2) is 36.5 Å². The van der Waals surface area contributed by atoms with Gasteiger partial charge < -0.3 is 19.7 Å². The molecule has 1 atom stereocenters. The van der Waals surface area contributed by atoms with E-state index in [-0.39, 0.29) is 18.7 Å². The molecule has 2 heterocycles. The van der Waals surface area contributed by atoms with Crippen molar-refractivity contribution in [3.05, 3.63) is 47.8 Å². The smallest absolute Gasteiger partial charge is 0.410 e. The number of hydrogen-bond donors (Lipinski definition) is 1. The van der Waals surface area contributed by atoms with E-state index in [2.05, 4.69) is 15.6 Å². The van der Waals surface area contributed by atoms with E-state index < -0.39 is 5.97 Å². The van der Waals surface area contributed by atoms with Crippen LogP contribution in [0.25, 0.3) is 0 Å². The quantitative estimate of drug-likeness (QED) is 0.718. The molecule has 1 fully saturated rings. The first-order chi connectivity index (χ1) is 13.7. The van der Waals surface area contributed by atoms with Crippen LogP contribution in [0.4, 0.5) is 4.79 Å². The minimum Gasteiger partial charge on any atom is -0.461 e. The number of rotatable bonds is 7. The van der Waals surface area contributed by atoms with Crippen molar-refractivity contribution in [3.8, 4) is 0 Å². The molecule has 0 aliphatic carbocycles. The Bertz CT molecular complexity index is 780. The van der Waals surface area contributed by atoms with E-state index >= 15 is 0 Å². The van der Waals surface area contributed by atoms with Gasteiger partial charge in [-0.3, -0.25) is 0 Å². The topological polar surface area (TPSA) is 98.6 Å². The van der Waals surface area contributed by atoms with Crippen LogP contribution in [0.3, 0.4) is 0 Å². The van der Waals surface area contributed by atoms with Crippen LogP contribution in [0.5, 0.6) is 0 Å². The van der Waals surface area contributed by atoms with E-state index in [1.165, 1.54) is 10.9 Å². The number of carbonyl (C=O) groups excluding carboxylic acids is 2. The van der Waals surface area contributed by atoms with E-state index in [0.29, 0.717) is 44.9 Å². The standard InChI is InChI=1S/C19H25N5O4/c1-2-27-18(25)17-12-21-22-24(17)10-8-16-13-23(11-9-20-16)19(26)28-14-15-6-4-3-5-7-15/h3-7,12,16,20H,2,8-11,13-14H2,1H3/t16-/m1/s1. The van der Waals surface area contributed by atoms with Crippen molar-refractivity contribution in [3.63, 3.8) is 0 Å². The molecule has 3 rings (SSSR count). The Morgan fingerprint density at radius 2 is 2.07 bits per heavy atom. The number of ether oxygens (including phenoxy) is 2. The highest BCUT2D eigenvalue weighted by Crippen LogP contribution is 2.09. The molecule has 1 N–H and O–H groups in total. The summed E-state index contributed by atoms with van der Waals surface area (Å²) in [5.41, 5.74) is 1.29. The number of aryl methyl sites for hydroxylation is 1. The third-order valence-electron chi connectivity index (χ3n) is 4.51. The van der Waals surface area contributed by atoms with Crippen LogP contribution in [-0.2, 0) is 22.6 Å². The number of piperazine rings is 1. The number of benzene rings is 1. The fourth-order valence-corrected chi connectivity index (χ4v) is 3.06. The molecule has 1 aliphatic heterocycles. The van der Waals surface area contributed by atoms with Gasteiger partial charge in [0.05, 0.1) is 12.8 Å². The van der Waals surface area contributed by atoms with Gasteiger partial charge in [-0.15, -0.1) is 5.10 Å². The molecule has 9 nitrogen and oxygen atoms in total. The van der Waals surface area contributed by atoms with Crippen molar-refractivity contribution >= 4 is 12.1 Å². The first-order valence-electron chi connectivity index (χ1n) is 9.42. The van der Waals surface area contributed by atoms with Crippen molar-refractivity contribution in [2.45, 2.75) is 32.5 Å². The summed E-state index contributed by atoms with van der Waals surface area (Å²) in [4.78, 5) is 26.0. The Labute approximate surface area is 163 Å². The molecule has 1 aromatic carbocycles. The highest BCUT2D eigenvalue weighted by Gasteiger charge is 2.25. The molecular weight excluding hydrogens is 362 g/mol.